The zero-order chi connectivity index (χ0) is 24.2. The predicted octanol–water partition coefficient (Wildman–Crippen LogP) is 3.58. The highest BCUT2D eigenvalue weighted by Crippen LogP contribution is 2.50. The molecule has 0 aliphatic heterocycles. The van der Waals surface area contributed by atoms with Crippen LogP contribution < -0.4 is 5.32 Å². The molecule has 8 heteroatoms. The van der Waals surface area contributed by atoms with Crippen LogP contribution in [0.15, 0.2) is 66.7 Å². The number of phenolic OH excluding ortho intramolecular Hbond substituents is 1. The molecule has 0 unspecified atom stereocenters. The van der Waals surface area contributed by atoms with Crippen molar-refractivity contribution >= 4 is 34.9 Å². The molecule has 8 nitrogen and oxygen atoms in total. The van der Waals surface area contributed by atoms with Gasteiger partial charge in [0, 0.05) is 22.3 Å². The van der Waals surface area contributed by atoms with E-state index in [0.717, 1.165) is 7.11 Å². The van der Waals surface area contributed by atoms with Crippen LogP contribution in [0.25, 0.3) is 0 Å². The number of anilines is 1. The summed E-state index contributed by atoms with van der Waals surface area (Å²) in [6.45, 7) is 0. The summed E-state index contributed by atoms with van der Waals surface area (Å²) in [5.41, 5.74) is -1.87. The molecule has 2 N–H and O–H groups in total. The quantitative estimate of drug-likeness (QED) is 0.456. The van der Waals surface area contributed by atoms with Crippen molar-refractivity contribution in [3.8, 4) is 5.75 Å². The van der Waals surface area contributed by atoms with Crippen molar-refractivity contribution in [3.05, 3.63) is 94.5 Å². The minimum Gasteiger partial charge on any atom is -0.506 e. The van der Waals surface area contributed by atoms with E-state index in [1.165, 1.54) is 42.5 Å². The van der Waals surface area contributed by atoms with Crippen LogP contribution in [0.1, 0.15) is 47.0 Å². The lowest BCUT2D eigenvalue weighted by molar-refractivity contribution is 0.0612. The summed E-state index contributed by atoms with van der Waals surface area (Å²) in [5, 5.41) is 12.6. The molecule has 3 aromatic carbocycles. The number of aromatic hydroxyl groups is 1. The molecule has 0 bridgehead atoms. The first-order chi connectivity index (χ1) is 16.3. The molecular weight excluding hydrogens is 438 g/mol. The van der Waals surface area contributed by atoms with Crippen molar-refractivity contribution in [3.63, 3.8) is 0 Å². The van der Waals surface area contributed by atoms with Crippen LogP contribution >= 0.6 is 0 Å². The highest BCUT2D eigenvalue weighted by Gasteiger charge is 2.65. The van der Waals surface area contributed by atoms with Gasteiger partial charge < -0.3 is 9.84 Å². The summed E-state index contributed by atoms with van der Waals surface area (Å²) in [4.78, 5) is 66.7. The Labute approximate surface area is 193 Å². The molecule has 3 aromatic rings. The number of amides is 1. The Hall–Kier alpha value is -4.59. The van der Waals surface area contributed by atoms with Crippen molar-refractivity contribution in [2.24, 2.45) is 5.92 Å². The van der Waals surface area contributed by atoms with Crippen molar-refractivity contribution in [2.75, 3.05) is 12.4 Å². The summed E-state index contributed by atoms with van der Waals surface area (Å²) in [7, 11) is 1.13. The molecule has 2 aliphatic carbocycles. The zero-order valence-electron chi connectivity index (χ0n) is 17.8. The van der Waals surface area contributed by atoms with Gasteiger partial charge >= 0.3 is 6.09 Å². The number of rotatable bonds is 3. The normalized spacial score (nSPS) is 16.4. The molecular formula is C26H17NO7. The number of ether oxygens (including phenoxy) is 1. The number of hydrogen-bond donors (Lipinski definition) is 2. The number of carbonyl (C=O) groups excluding carboxylic acids is 5. The largest absolute Gasteiger partial charge is 0.506 e. The Balaban J connectivity index is 1.78. The Kier molecular flexibility index (Phi) is 4.68. The van der Waals surface area contributed by atoms with E-state index >= 15 is 0 Å². The van der Waals surface area contributed by atoms with E-state index in [2.05, 4.69) is 10.1 Å². The average molecular weight is 455 g/mol. The van der Waals surface area contributed by atoms with Crippen LogP contribution in [0, 0.1) is 5.92 Å². The third-order valence-electron chi connectivity index (χ3n) is 6.42. The third kappa shape index (κ3) is 2.68. The molecule has 0 radical (unpaired) electrons. The van der Waals surface area contributed by atoms with Gasteiger partial charge in [0.25, 0.3) is 0 Å². The summed E-state index contributed by atoms with van der Waals surface area (Å²) in [6, 6.07) is 16.0. The molecule has 2 aliphatic rings. The minimum atomic E-state index is -2.20. The molecule has 5 rings (SSSR count). The number of benzene rings is 3. The van der Waals surface area contributed by atoms with Crippen molar-refractivity contribution in [1.82, 2.24) is 0 Å². The Bertz CT molecular complexity index is 1370. The second-order valence-electron chi connectivity index (χ2n) is 8.07. The van der Waals surface area contributed by atoms with E-state index in [1.807, 2.05) is 0 Å². The molecule has 1 amide bonds. The Morgan fingerprint density at radius 2 is 1.32 bits per heavy atom. The molecule has 0 aromatic heterocycles. The summed E-state index contributed by atoms with van der Waals surface area (Å²) < 4.78 is 4.57. The zero-order valence-corrected chi connectivity index (χ0v) is 17.8. The Morgan fingerprint density at radius 3 is 1.82 bits per heavy atom. The number of hydrogen-bond acceptors (Lipinski definition) is 7. The van der Waals surface area contributed by atoms with Crippen molar-refractivity contribution in [1.29, 1.82) is 0 Å². The van der Waals surface area contributed by atoms with Crippen LogP contribution in [-0.2, 0) is 10.2 Å². The van der Waals surface area contributed by atoms with Gasteiger partial charge in [-0.1, -0.05) is 54.6 Å². The molecule has 168 valence electrons. The second-order valence-corrected chi connectivity index (χ2v) is 8.07. The molecule has 0 spiro atoms. The van der Waals surface area contributed by atoms with Gasteiger partial charge in [0.2, 0.25) is 0 Å². The number of carbonyl (C=O) groups is 5. The molecule has 0 atom stereocenters. The topological polar surface area (TPSA) is 127 Å². The van der Waals surface area contributed by atoms with Gasteiger partial charge in [0.15, 0.2) is 23.1 Å². The van der Waals surface area contributed by atoms with E-state index in [4.69, 9.17) is 0 Å². The van der Waals surface area contributed by atoms with E-state index in [1.54, 1.807) is 24.3 Å². The smallest absolute Gasteiger partial charge is 0.411 e. The molecule has 0 saturated heterocycles. The maximum absolute atomic E-state index is 13.9. The number of nitrogens with one attached hydrogen (secondary N) is 1. The van der Waals surface area contributed by atoms with Gasteiger partial charge in [-0.05, 0) is 17.7 Å². The minimum absolute atomic E-state index is 0.00223. The van der Waals surface area contributed by atoms with Crippen LogP contribution in [0.2, 0.25) is 0 Å². The molecule has 34 heavy (non-hydrogen) atoms. The highest BCUT2D eigenvalue weighted by atomic mass is 16.5. The van der Waals surface area contributed by atoms with Gasteiger partial charge in [-0.25, -0.2) is 4.79 Å². The summed E-state index contributed by atoms with van der Waals surface area (Å²) >= 11 is 0. The fraction of sp³-hybridized carbons (Fsp3) is 0.115. The van der Waals surface area contributed by atoms with Crippen LogP contribution in [0.5, 0.6) is 5.75 Å². The molecule has 0 saturated carbocycles. The van der Waals surface area contributed by atoms with Crippen LogP contribution in [-0.4, -0.2) is 41.4 Å². The summed E-state index contributed by atoms with van der Waals surface area (Å²) in [6.07, 6.45) is -0.894. The number of methoxy groups -OCH3 is 1. The maximum atomic E-state index is 13.9. The van der Waals surface area contributed by atoms with E-state index < -0.39 is 40.6 Å². The van der Waals surface area contributed by atoms with Crippen LogP contribution in [0.4, 0.5) is 10.5 Å². The number of fused-ring (bicyclic) bond motifs is 2. The average Bonchev–Trinajstić information content (AvgIpc) is 3.23. The fourth-order valence-corrected chi connectivity index (χ4v) is 4.88. The third-order valence-corrected chi connectivity index (χ3v) is 6.42. The highest BCUT2D eigenvalue weighted by molar-refractivity contribution is 6.40. The maximum Gasteiger partial charge on any atom is 0.411 e. The lowest BCUT2D eigenvalue weighted by Crippen LogP contribution is -2.50. The van der Waals surface area contributed by atoms with E-state index in [9.17, 15) is 29.1 Å². The lowest BCUT2D eigenvalue weighted by atomic mass is 9.64. The van der Waals surface area contributed by atoms with E-state index in [0.29, 0.717) is 0 Å². The van der Waals surface area contributed by atoms with Gasteiger partial charge in [-0.3, -0.25) is 24.5 Å². The lowest BCUT2D eigenvalue weighted by Gasteiger charge is -2.31. The van der Waals surface area contributed by atoms with Crippen LogP contribution in [0.3, 0.4) is 0 Å². The van der Waals surface area contributed by atoms with Crippen molar-refractivity contribution < 1.29 is 33.8 Å². The predicted molar refractivity (Wildman–Crippen MR) is 120 cm³/mol. The molecule has 0 fully saturated rings. The summed E-state index contributed by atoms with van der Waals surface area (Å²) in [5.74, 6) is -4.64. The molecule has 0 heterocycles. The Morgan fingerprint density at radius 1 is 0.824 bits per heavy atom. The first kappa shape index (κ1) is 21.3. The van der Waals surface area contributed by atoms with Gasteiger partial charge in [0.1, 0.15) is 17.1 Å². The monoisotopic (exact) mass is 455 g/mol. The first-order valence-electron chi connectivity index (χ1n) is 10.4. The van der Waals surface area contributed by atoms with Gasteiger partial charge in [0.05, 0.1) is 12.8 Å². The number of Topliss-reactive ketones (excluding diaryl/α,β-unsaturated/α-hetero) is 4. The van der Waals surface area contributed by atoms with Gasteiger partial charge in [-0.2, -0.15) is 0 Å². The number of ketones is 4. The van der Waals surface area contributed by atoms with E-state index in [-0.39, 0.29) is 39.3 Å². The van der Waals surface area contributed by atoms with Crippen molar-refractivity contribution in [2.45, 2.75) is 5.41 Å². The number of phenols is 1. The SMILES string of the molecule is COC(=O)Nc1cc(C2(C3C(=O)c4ccccc4C3=O)C(=O)c3ccccc3C2=O)ccc1O. The second kappa shape index (κ2) is 7.48. The standard InChI is InChI=1S/C26H17NO7/c1-34-25(33)27-18-12-13(10-11-19(18)28)26(23(31)16-8-4-5-9-17(16)24(26)32)20-21(29)14-6-2-3-7-15(14)22(20)30/h2-12,20,28H,1H3,(H,27,33). The first-order valence-corrected chi connectivity index (χ1v) is 10.4. The fourth-order valence-electron chi connectivity index (χ4n) is 4.88. The van der Waals surface area contributed by atoms with Gasteiger partial charge in [-0.15, -0.1) is 0 Å².